The Labute approximate surface area is 124 Å². The predicted octanol–water partition coefficient (Wildman–Crippen LogP) is 1.12. The van der Waals surface area contributed by atoms with Crippen LogP contribution in [0.25, 0.3) is 0 Å². The summed E-state index contributed by atoms with van der Waals surface area (Å²) in [6.07, 6.45) is 5.16. The highest BCUT2D eigenvalue weighted by molar-refractivity contribution is 7.89. The van der Waals surface area contributed by atoms with Crippen molar-refractivity contribution in [3.8, 4) is 0 Å². The van der Waals surface area contributed by atoms with Gasteiger partial charge in [0.2, 0.25) is 10.0 Å². The normalized spacial score (nSPS) is 18.5. The fourth-order valence-corrected chi connectivity index (χ4v) is 3.94. The third-order valence-electron chi connectivity index (χ3n) is 4.41. The van der Waals surface area contributed by atoms with Crippen molar-refractivity contribution in [3.63, 3.8) is 0 Å². The zero-order valence-corrected chi connectivity index (χ0v) is 14.3. The molecule has 0 bridgehead atoms. The molecular weight excluding hydrogens is 274 g/mol. The first kappa shape index (κ1) is 17.9. The van der Waals surface area contributed by atoms with Crippen molar-refractivity contribution in [1.29, 1.82) is 0 Å². The third kappa shape index (κ3) is 4.69. The minimum atomic E-state index is -3.12. The second-order valence-corrected chi connectivity index (χ2v) is 8.34. The molecule has 0 amide bonds. The molecule has 0 atom stereocenters. The van der Waals surface area contributed by atoms with E-state index in [9.17, 15) is 8.42 Å². The zero-order valence-electron chi connectivity index (χ0n) is 13.5. The number of likely N-dealkylation sites (N-methyl/N-ethyl adjacent to an activating group) is 2. The number of sulfonamides is 1. The van der Waals surface area contributed by atoms with Gasteiger partial charge in [0.1, 0.15) is 0 Å². The lowest BCUT2D eigenvalue weighted by Gasteiger charge is -2.49. The smallest absolute Gasteiger partial charge is 0.213 e. The molecule has 0 saturated heterocycles. The molecule has 0 aromatic rings. The lowest BCUT2D eigenvalue weighted by atomic mass is 9.75. The van der Waals surface area contributed by atoms with Crippen LogP contribution >= 0.6 is 0 Å². The molecule has 6 heteroatoms. The van der Waals surface area contributed by atoms with Crippen LogP contribution in [0.1, 0.15) is 39.0 Å². The number of nitrogens with one attached hydrogen (secondary N) is 1. The van der Waals surface area contributed by atoms with E-state index in [1.54, 1.807) is 11.4 Å². The Kier molecular flexibility index (Phi) is 6.91. The van der Waals surface area contributed by atoms with Gasteiger partial charge in [-0.25, -0.2) is 12.7 Å². The van der Waals surface area contributed by atoms with Crippen molar-refractivity contribution in [2.45, 2.75) is 44.6 Å². The van der Waals surface area contributed by atoms with Gasteiger partial charge in [0.25, 0.3) is 0 Å². The summed E-state index contributed by atoms with van der Waals surface area (Å²) in [5, 5.41) is 3.24. The highest BCUT2D eigenvalue weighted by Crippen LogP contribution is 2.37. The van der Waals surface area contributed by atoms with Crippen LogP contribution in [0, 0.1) is 0 Å². The van der Waals surface area contributed by atoms with Crippen molar-refractivity contribution in [2.24, 2.45) is 0 Å². The topological polar surface area (TPSA) is 52.7 Å². The molecule has 0 heterocycles. The molecule has 0 spiro atoms. The van der Waals surface area contributed by atoms with E-state index in [1.165, 1.54) is 6.42 Å². The first-order valence-corrected chi connectivity index (χ1v) is 9.27. The maximum atomic E-state index is 12.3. The van der Waals surface area contributed by atoms with E-state index >= 15 is 0 Å². The molecule has 1 N–H and O–H groups in total. The van der Waals surface area contributed by atoms with Crippen LogP contribution in [-0.4, -0.2) is 69.7 Å². The molecule has 0 aromatic heterocycles. The van der Waals surface area contributed by atoms with Crippen LogP contribution < -0.4 is 5.32 Å². The Balaban J connectivity index is 2.42. The fourth-order valence-electron chi connectivity index (χ4n) is 2.68. The van der Waals surface area contributed by atoms with Gasteiger partial charge in [-0.05, 0) is 59.3 Å². The summed E-state index contributed by atoms with van der Waals surface area (Å²) in [6, 6.07) is 0. The van der Waals surface area contributed by atoms with Gasteiger partial charge in [-0.2, -0.15) is 0 Å². The Bertz CT molecular complexity index is 378. The molecule has 0 unspecified atom stereocenters. The van der Waals surface area contributed by atoms with Gasteiger partial charge in [0.15, 0.2) is 0 Å². The van der Waals surface area contributed by atoms with E-state index in [-0.39, 0.29) is 11.3 Å². The minimum Gasteiger partial charge on any atom is -0.317 e. The average Bonchev–Trinajstić information content (AvgIpc) is 2.32. The second-order valence-electron chi connectivity index (χ2n) is 6.15. The number of rotatable bonds is 10. The predicted molar refractivity (Wildman–Crippen MR) is 84.5 cm³/mol. The molecule has 1 rings (SSSR count). The Morgan fingerprint density at radius 2 is 1.80 bits per heavy atom. The molecule has 0 radical (unpaired) electrons. The molecule has 1 aliphatic carbocycles. The monoisotopic (exact) mass is 305 g/mol. The minimum absolute atomic E-state index is 0.0578. The largest absolute Gasteiger partial charge is 0.317 e. The number of nitrogens with zero attached hydrogens (tertiary/aromatic N) is 2. The van der Waals surface area contributed by atoms with Gasteiger partial charge in [-0.1, -0.05) is 6.92 Å². The molecule has 1 aliphatic rings. The average molecular weight is 305 g/mol. The van der Waals surface area contributed by atoms with E-state index in [0.29, 0.717) is 13.0 Å². The highest BCUT2D eigenvalue weighted by atomic mass is 32.2. The van der Waals surface area contributed by atoms with Crippen molar-refractivity contribution in [1.82, 2.24) is 14.5 Å². The Morgan fingerprint density at radius 1 is 1.15 bits per heavy atom. The summed E-state index contributed by atoms with van der Waals surface area (Å²) in [7, 11) is 2.70. The van der Waals surface area contributed by atoms with E-state index in [4.69, 9.17) is 0 Å². The van der Waals surface area contributed by atoms with Gasteiger partial charge < -0.3 is 10.2 Å². The Hall–Kier alpha value is -0.170. The molecule has 0 aromatic carbocycles. The van der Waals surface area contributed by atoms with Gasteiger partial charge in [-0.3, -0.25) is 0 Å². The quantitative estimate of drug-likeness (QED) is 0.615. The third-order valence-corrected chi connectivity index (χ3v) is 6.29. The molecule has 1 saturated carbocycles. The van der Waals surface area contributed by atoms with Gasteiger partial charge in [0, 0.05) is 19.1 Å². The SMILES string of the molecule is CCCNCCCS(=O)(=O)N(C)CC1(N(C)C)CCC1. The van der Waals surface area contributed by atoms with Crippen molar-refractivity contribution < 1.29 is 8.42 Å². The van der Waals surface area contributed by atoms with Gasteiger partial charge in [-0.15, -0.1) is 0 Å². The van der Waals surface area contributed by atoms with E-state index in [2.05, 4.69) is 17.1 Å². The van der Waals surface area contributed by atoms with Crippen molar-refractivity contribution in [3.05, 3.63) is 0 Å². The lowest BCUT2D eigenvalue weighted by Crippen LogP contribution is -2.57. The number of hydrogen-bond donors (Lipinski definition) is 1. The summed E-state index contributed by atoms with van der Waals surface area (Å²) in [5.41, 5.74) is 0.0578. The molecule has 20 heavy (non-hydrogen) atoms. The molecule has 120 valence electrons. The first-order chi connectivity index (χ1) is 9.34. The second kappa shape index (κ2) is 7.73. The highest BCUT2D eigenvalue weighted by Gasteiger charge is 2.41. The Morgan fingerprint density at radius 3 is 2.25 bits per heavy atom. The summed E-state index contributed by atoms with van der Waals surface area (Å²) >= 11 is 0. The standard InChI is InChI=1S/C14H31N3O2S/c1-5-10-15-11-7-12-20(18,19)17(4)13-14(16(2)3)8-6-9-14/h15H,5-13H2,1-4H3. The van der Waals surface area contributed by atoms with Gasteiger partial charge in [0.05, 0.1) is 5.75 Å². The molecular formula is C14H31N3O2S. The van der Waals surface area contributed by atoms with E-state index in [0.717, 1.165) is 32.4 Å². The summed E-state index contributed by atoms with van der Waals surface area (Å²) < 4.78 is 26.1. The fraction of sp³-hybridized carbons (Fsp3) is 1.00. The summed E-state index contributed by atoms with van der Waals surface area (Å²) in [5.74, 6) is 0.240. The van der Waals surface area contributed by atoms with Crippen LogP contribution in [0.3, 0.4) is 0 Å². The number of hydrogen-bond acceptors (Lipinski definition) is 4. The van der Waals surface area contributed by atoms with Crippen LogP contribution in [0.15, 0.2) is 0 Å². The van der Waals surface area contributed by atoms with E-state index < -0.39 is 10.0 Å². The van der Waals surface area contributed by atoms with Crippen LogP contribution in [-0.2, 0) is 10.0 Å². The first-order valence-electron chi connectivity index (χ1n) is 7.66. The van der Waals surface area contributed by atoms with E-state index in [1.807, 2.05) is 14.1 Å². The molecule has 0 aliphatic heterocycles. The van der Waals surface area contributed by atoms with Crippen LogP contribution in [0.5, 0.6) is 0 Å². The molecule has 1 fully saturated rings. The van der Waals surface area contributed by atoms with Crippen molar-refractivity contribution >= 4 is 10.0 Å². The van der Waals surface area contributed by atoms with Crippen LogP contribution in [0.2, 0.25) is 0 Å². The van der Waals surface area contributed by atoms with Gasteiger partial charge >= 0.3 is 0 Å². The van der Waals surface area contributed by atoms with Crippen molar-refractivity contribution in [2.75, 3.05) is 46.5 Å². The molecule has 5 nitrogen and oxygen atoms in total. The summed E-state index contributed by atoms with van der Waals surface area (Å²) in [4.78, 5) is 2.19. The maximum Gasteiger partial charge on any atom is 0.213 e. The zero-order chi connectivity index (χ0) is 15.2. The maximum absolute atomic E-state index is 12.3. The lowest BCUT2D eigenvalue weighted by molar-refractivity contribution is 0.0455. The van der Waals surface area contributed by atoms with Crippen LogP contribution in [0.4, 0.5) is 0 Å². The summed E-state index contributed by atoms with van der Waals surface area (Å²) in [6.45, 7) is 4.46.